The first-order valence-electron chi connectivity index (χ1n) is 6.50. The summed E-state index contributed by atoms with van der Waals surface area (Å²) in [7, 11) is 0. The molecule has 4 heteroatoms. The smallest absolute Gasteiger partial charge is 0.226 e. The maximum absolute atomic E-state index is 13.3. The van der Waals surface area contributed by atoms with Crippen molar-refractivity contribution in [3.05, 3.63) is 59.9 Å². The van der Waals surface area contributed by atoms with Crippen LogP contribution in [0, 0.1) is 12.7 Å². The summed E-state index contributed by atoms with van der Waals surface area (Å²) in [5.41, 5.74) is 2.37. The average Bonchev–Trinajstić information content (AvgIpc) is 2.44. The van der Waals surface area contributed by atoms with Crippen LogP contribution in [0.5, 0.6) is 0 Å². The Morgan fingerprint density at radius 2 is 1.80 bits per heavy atom. The van der Waals surface area contributed by atoms with Gasteiger partial charge in [0, 0.05) is 18.7 Å². The minimum Gasteiger partial charge on any atom is -0.385 e. The number of benzene rings is 2. The summed E-state index contributed by atoms with van der Waals surface area (Å²) in [6.07, 6.45) is 0.280. The molecule has 0 bridgehead atoms. The Morgan fingerprint density at radius 3 is 2.50 bits per heavy atom. The number of hydrogen-bond acceptors (Lipinski definition) is 2. The van der Waals surface area contributed by atoms with Crippen LogP contribution < -0.4 is 10.6 Å². The zero-order valence-electron chi connectivity index (χ0n) is 11.3. The molecule has 0 aliphatic carbocycles. The van der Waals surface area contributed by atoms with Crippen molar-refractivity contribution in [3.8, 4) is 0 Å². The molecule has 0 saturated heterocycles. The van der Waals surface area contributed by atoms with Gasteiger partial charge in [-0.2, -0.15) is 0 Å². The maximum atomic E-state index is 13.3. The number of carbonyl (C=O) groups excluding carboxylic acids is 1. The van der Waals surface area contributed by atoms with Gasteiger partial charge in [-0.1, -0.05) is 29.8 Å². The second-order valence-corrected chi connectivity index (χ2v) is 4.57. The predicted molar refractivity (Wildman–Crippen MR) is 79.3 cm³/mol. The van der Waals surface area contributed by atoms with Gasteiger partial charge in [-0.05, 0) is 31.2 Å². The quantitative estimate of drug-likeness (QED) is 0.873. The van der Waals surface area contributed by atoms with E-state index in [2.05, 4.69) is 10.6 Å². The van der Waals surface area contributed by atoms with Gasteiger partial charge in [0.05, 0.1) is 5.69 Å². The summed E-state index contributed by atoms with van der Waals surface area (Å²) in [4.78, 5) is 11.7. The number of rotatable bonds is 5. The molecule has 0 saturated carbocycles. The number of anilines is 2. The van der Waals surface area contributed by atoms with Crippen molar-refractivity contribution in [3.63, 3.8) is 0 Å². The first kappa shape index (κ1) is 14.1. The number of para-hydroxylation sites is 1. The maximum Gasteiger partial charge on any atom is 0.226 e. The van der Waals surface area contributed by atoms with E-state index < -0.39 is 5.82 Å². The van der Waals surface area contributed by atoms with E-state index in [1.165, 1.54) is 11.6 Å². The van der Waals surface area contributed by atoms with E-state index in [9.17, 15) is 9.18 Å². The molecule has 2 rings (SSSR count). The van der Waals surface area contributed by atoms with E-state index >= 15 is 0 Å². The number of nitrogens with one attached hydrogen (secondary N) is 2. The number of aryl methyl sites for hydroxylation is 1. The third-order valence-corrected chi connectivity index (χ3v) is 2.88. The number of carbonyl (C=O) groups is 1. The van der Waals surface area contributed by atoms with Crippen molar-refractivity contribution >= 4 is 17.3 Å². The largest absolute Gasteiger partial charge is 0.385 e. The van der Waals surface area contributed by atoms with Gasteiger partial charge >= 0.3 is 0 Å². The van der Waals surface area contributed by atoms with Gasteiger partial charge in [0.25, 0.3) is 0 Å². The van der Waals surface area contributed by atoms with E-state index in [-0.39, 0.29) is 18.0 Å². The SMILES string of the molecule is Cc1ccc(NCCC(=O)Nc2ccccc2F)cc1. The van der Waals surface area contributed by atoms with Crippen LogP contribution in [0.15, 0.2) is 48.5 Å². The second-order valence-electron chi connectivity index (χ2n) is 4.57. The second kappa shape index (κ2) is 6.70. The van der Waals surface area contributed by atoms with Crippen LogP contribution in [0.3, 0.4) is 0 Å². The molecule has 0 radical (unpaired) electrons. The molecule has 20 heavy (non-hydrogen) atoms. The predicted octanol–water partition coefficient (Wildman–Crippen LogP) is 3.57. The van der Waals surface area contributed by atoms with Gasteiger partial charge in [0.2, 0.25) is 5.91 Å². The van der Waals surface area contributed by atoms with E-state index in [0.29, 0.717) is 6.54 Å². The van der Waals surface area contributed by atoms with Crippen molar-refractivity contribution in [2.24, 2.45) is 0 Å². The fraction of sp³-hybridized carbons (Fsp3) is 0.188. The molecular weight excluding hydrogens is 255 g/mol. The molecule has 0 heterocycles. The van der Waals surface area contributed by atoms with Crippen LogP contribution in [-0.4, -0.2) is 12.5 Å². The van der Waals surface area contributed by atoms with Gasteiger partial charge in [-0.15, -0.1) is 0 Å². The standard InChI is InChI=1S/C16H17FN2O/c1-12-6-8-13(9-7-12)18-11-10-16(20)19-15-5-3-2-4-14(15)17/h2-9,18H,10-11H2,1H3,(H,19,20). The van der Waals surface area contributed by atoms with Gasteiger partial charge in [-0.25, -0.2) is 4.39 Å². The molecule has 0 unspecified atom stereocenters. The molecule has 2 aromatic rings. The van der Waals surface area contributed by atoms with E-state index in [0.717, 1.165) is 5.69 Å². The highest BCUT2D eigenvalue weighted by atomic mass is 19.1. The highest BCUT2D eigenvalue weighted by Crippen LogP contribution is 2.13. The highest BCUT2D eigenvalue weighted by Gasteiger charge is 2.05. The Kier molecular flexibility index (Phi) is 4.71. The molecule has 3 nitrogen and oxygen atoms in total. The summed E-state index contributed by atoms with van der Waals surface area (Å²) in [6.45, 7) is 2.52. The lowest BCUT2D eigenvalue weighted by molar-refractivity contribution is -0.116. The summed E-state index contributed by atoms with van der Waals surface area (Å²) >= 11 is 0. The van der Waals surface area contributed by atoms with Crippen LogP contribution in [0.1, 0.15) is 12.0 Å². The number of hydrogen-bond donors (Lipinski definition) is 2. The summed E-state index contributed by atoms with van der Waals surface area (Å²) in [5, 5.41) is 5.70. The topological polar surface area (TPSA) is 41.1 Å². The highest BCUT2D eigenvalue weighted by molar-refractivity contribution is 5.91. The lowest BCUT2D eigenvalue weighted by Gasteiger charge is -2.08. The van der Waals surface area contributed by atoms with Crippen molar-refractivity contribution < 1.29 is 9.18 Å². The van der Waals surface area contributed by atoms with Gasteiger partial charge in [0.1, 0.15) is 5.82 Å². The van der Waals surface area contributed by atoms with Crippen molar-refractivity contribution in [2.45, 2.75) is 13.3 Å². The third kappa shape index (κ3) is 4.09. The first-order chi connectivity index (χ1) is 9.65. The fourth-order valence-corrected chi connectivity index (χ4v) is 1.77. The molecule has 0 atom stereocenters. The number of amides is 1. The van der Waals surface area contributed by atoms with Crippen molar-refractivity contribution in [2.75, 3.05) is 17.2 Å². The molecule has 0 aliphatic rings. The fourth-order valence-electron chi connectivity index (χ4n) is 1.77. The monoisotopic (exact) mass is 272 g/mol. The van der Waals surface area contributed by atoms with Crippen LogP contribution in [0.4, 0.5) is 15.8 Å². The van der Waals surface area contributed by atoms with Crippen LogP contribution in [0.2, 0.25) is 0 Å². The number of halogens is 1. The Labute approximate surface area is 117 Å². The molecule has 0 aliphatic heterocycles. The molecule has 0 fully saturated rings. The Hall–Kier alpha value is -2.36. The summed E-state index contributed by atoms with van der Waals surface area (Å²) in [6, 6.07) is 14.1. The Balaban J connectivity index is 1.78. The summed E-state index contributed by atoms with van der Waals surface area (Å²) < 4.78 is 13.3. The molecule has 104 valence electrons. The normalized spacial score (nSPS) is 10.1. The molecular formula is C16H17FN2O. The zero-order chi connectivity index (χ0) is 14.4. The minimum atomic E-state index is -0.424. The van der Waals surface area contributed by atoms with Gasteiger partial charge in [-0.3, -0.25) is 4.79 Å². The minimum absolute atomic E-state index is 0.213. The Morgan fingerprint density at radius 1 is 1.10 bits per heavy atom. The molecule has 2 aromatic carbocycles. The third-order valence-electron chi connectivity index (χ3n) is 2.88. The van der Waals surface area contributed by atoms with Crippen molar-refractivity contribution in [1.82, 2.24) is 0 Å². The molecule has 1 amide bonds. The van der Waals surface area contributed by atoms with Gasteiger partial charge in [0.15, 0.2) is 0 Å². The van der Waals surface area contributed by atoms with Gasteiger partial charge < -0.3 is 10.6 Å². The average molecular weight is 272 g/mol. The lowest BCUT2D eigenvalue weighted by Crippen LogP contribution is -2.16. The van der Waals surface area contributed by atoms with E-state index in [4.69, 9.17) is 0 Å². The Bertz CT molecular complexity index is 581. The lowest BCUT2D eigenvalue weighted by atomic mass is 10.2. The first-order valence-corrected chi connectivity index (χ1v) is 6.50. The van der Waals surface area contributed by atoms with Crippen molar-refractivity contribution in [1.29, 1.82) is 0 Å². The van der Waals surface area contributed by atoms with E-state index in [1.54, 1.807) is 18.2 Å². The molecule has 0 spiro atoms. The molecule has 0 aromatic heterocycles. The van der Waals surface area contributed by atoms with Crippen LogP contribution >= 0.6 is 0 Å². The zero-order valence-corrected chi connectivity index (χ0v) is 11.3. The van der Waals surface area contributed by atoms with E-state index in [1.807, 2.05) is 31.2 Å². The van der Waals surface area contributed by atoms with Crippen LogP contribution in [0.25, 0.3) is 0 Å². The summed E-state index contributed by atoms with van der Waals surface area (Å²) in [5.74, 6) is -0.637. The van der Waals surface area contributed by atoms with Crippen LogP contribution in [-0.2, 0) is 4.79 Å². The molecule has 2 N–H and O–H groups in total.